The van der Waals surface area contributed by atoms with E-state index in [1.807, 2.05) is 6.20 Å². The molecule has 1 aliphatic rings. The maximum atomic E-state index is 4.53. The first-order valence-corrected chi connectivity index (χ1v) is 11.0. The average Bonchev–Trinajstić information content (AvgIpc) is 3.22. The first kappa shape index (κ1) is 20.3. The molecule has 1 saturated heterocycles. The smallest absolute Gasteiger partial charge is 0.183 e. The highest BCUT2D eigenvalue weighted by Gasteiger charge is 2.15. The predicted molar refractivity (Wildman–Crippen MR) is 133 cm³/mol. The van der Waals surface area contributed by atoms with E-state index < -0.39 is 0 Å². The lowest BCUT2D eigenvalue weighted by Gasteiger charge is -2.34. The predicted octanol–water partition coefficient (Wildman–Crippen LogP) is 4.77. The van der Waals surface area contributed by atoms with E-state index >= 15 is 0 Å². The second kappa shape index (κ2) is 8.48. The van der Waals surface area contributed by atoms with Crippen LogP contribution in [0.3, 0.4) is 0 Å². The first-order valence-electron chi connectivity index (χ1n) is 11.0. The van der Waals surface area contributed by atoms with Crippen molar-refractivity contribution in [1.82, 2.24) is 20.1 Å². The Hall–Kier alpha value is -3.64. The molecule has 2 aromatic heterocycles. The lowest BCUT2D eigenvalue weighted by molar-refractivity contribution is 0.313. The molecule has 5 rings (SSSR count). The van der Waals surface area contributed by atoms with Crippen molar-refractivity contribution in [1.29, 1.82) is 0 Å². The zero-order valence-corrected chi connectivity index (χ0v) is 18.6. The molecule has 0 spiro atoms. The molecule has 0 radical (unpaired) electrons. The summed E-state index contributed by atoms with van der Waals surface area (Å²) in [5, 5.41) is 11.8. The fraction of sp³-hybridized carbons (Fsp3) is 0.231. The molecule has 0 atom stereocenters. The van der Waals surface area contributed by atoms with E-state index in [1.54, 1.807) is 0 Å². The summed E-state index contributed by atoms with van der Waals surface area (Å²) in [5.41, 5.74) is 7.24. The summed E-state index contributed by atoms with van der Waals surface area (Å²) in [6.07, 6.45) is 1.86. The van der Waals surface area contributed by atoms with Crippen LogP contribution < -0.4 is 10.2 Å². The number of benzene rings is 2. The number of hydrogen-bond donors (Lipinski definition) is 2. The van der Waals surface area contributed by atoms with Crippen molar-refractivity contribution in [2.45, 2.75) is 6.92 Å². The molecule has 6 nitrogen and oxygen atoms in total. The Labute approximate surface area is 188 Å². The molecule has 1 fully saturated rings. The summed E-state index contributed by atoms with van der Waals surface area (Å²) in [6.45, 7) is 10.7. The fourth-order valence-electron chi connectivity index (χ4n) is 4.06. The normalized spacial score (nSPS) is 14.6. The van der Waals surface area contributed by atoms with E-state index in [-0.39, 0.29) is 0 Å². The van der Waals surface area contributed by atoms with Gasteiger partial charge < -0.3 is 15.1 Å². The summed E-state index contributed by atoms with van der Waals surface area (Å²) in [7, 11) is 2.18. The van der Waals surface area contributed by atoms with Crippen molar-refractivity contribution in [3.8, 4) is 11.1 Å². The molecule has 6 heteroatoms. The fourth-order valence-corrected chi connectivity index (χ4v) is 4.06. The van der Waals surface area contributed by atoms with Gasteiger partial charge in [-0.2, -0.15) is 5.10 Å². The van der Waals surface area contributed by atoms with Crippen molar-refractivity contribution in [2.75, 3.05) is 43.4 Å². The highest BCUT2D eigenvalue weighted by molar-refractivity contribution is 5.94. The number of H-pyrrole nitrogens is 1. The molecule has 32 heavy (non-hydrogen) atoms. The number of aromatic nitrogens is 3. The number of nitrogens with one attached hydrogen (secondary N) is 2. The topological polar surface area (TPSA) is 60.1 Å². The van der Waals surface area contributed by atoms with E-state index in [1.165, 1.54) is 11.3 Å². The van der Waals surface area contributed by atoms with E-state index in [0.29, 0.717) is 5.65 Å². The monoisotopic (exact) mass is 424 g/mol. The Bertz CT molecular complexity index is 1230. The van der Waals surface area contributed by atoms with Crippen LogP contribution in [-0.2, 0) is 0 Å². The minimum Gasteiger partial charge on any atom is -0.369 e. The quantitative estimate of drug-likeness (QED) is 0.483. The number of rotatable bonds is 5. The second-order valence-corrected chi connectivity index (χ2v) is 8.50. The van der Waals surface area contributed by atoms with E-state index in [0.717, 1.165) is 59.8 Å². The molecule has 0 amide bonds. The molecule has 0 unspecified atom stereocenters. The standard InChI is InChI=1S/C26H28N6/c1-18-4-6-21(7-5-18)22-16-24-25(27-17-22)29-30-26(24)28-19(2)20-8-10-23(11-9-20)32-14-12-31(3)13-15-32/h4-11,16-17H,2,12-15H2,1,3H3,(H2,27,28,29,30). The van der Waals surface area contributed by atoms with Crippen LogP contribution in [0, 0.1) is 6.92 Å². The Kier molecular flexibility index (Phi) is 5.37. The minimum absolute atomic E-state index is 0.682. The molecule has 4 aromatic rings. The van der Waals surface area contributed by atoms with Crippen LogP contribution in [0.25, 0.3) is 27.9 Å². The number of aryl methyl sites for hydroxylation is 1. The molecule has 3 heterocycles. The zero-order valence-electron chi connectivity index (χ0n) is 18.6. The largest absolute Gasteiger partial charge is 0.369 e. The van der Waals surface area contributed by atoms with Crippen molar-refractivity contribution in [2.24, 2.45) is 0 Å². The molecule has 2 N–H and O–H groups in total. The van der Waals surface area contributed by atoms with Crippen molar-refractivity contribution in [3.63, 3.8) is 0 Å². The number of anilines is 2. The van der Waals surface area contributed by atoms with Gasteiger partial charge >= 0.3 is 0 Å². The Balaban J connectivity index is 1.34. The lowest BCUT2D eigenvalue weighted by Crippen LogP contribution is -2.44. The highest BCUT2D eigenvalue weighted by Crippen LogP contribution is 2.28. The van der Waals surface area contributed by atoms with Gasteiger partial charge in [0.25, 0.3) is 0 Å². The minimum atomic E-state index is 0.682. The van der Waals surface area contributed by atoms with Gasteiger partial charge in [0.05, 0.1) is 5.39 Å². The molecule has 1 aliphatic heterocycles. The number of piperazine rings is 1. The molecule has 0 bridgehead atoms. The average molecular weight is 425 g/mol. The third-order valence-corrected chi connectivity index (χ3v) is 6.15. The number of pyridine rings is 1. The summed E-state index contributed by atoms with van der Waals surface area (Å²) in [5.74, 6) is 0.801. The van der Waals surface area contributed by atoms with Gasteiger partial charge in [0.1, 0.15) is 5.82 Å². The van der Waals surface area contributed by atoms with Crippen LogP contribution >= 0.6 is 0 Å². The van der Waals surface area contributed by atoms with Crippen LogP contribution in [0.5, 0.6) is 0 Å². The molecule has 0 aliphatic carbocycles. The maximum absolute atomic E-state index is 4.53. The summed E-state index contributed by atoms with van der Waals surface area (Å²) in [4.78, 5) is 9.33. The van der Waals surface area contributed by atoms with E-state index in [4.69, 9.17) is 0 Å². The summed E-state index contributed by atoms with van der Waals surface area (Å²) in [6, 6.07) is 19.2. The van der Waals surface area contributed by atoms with Gasteiger partial charge in [-0.1, -0.05) is 48.5 Å². The molecular weight excluding hydrogens is 396 g/mol. The SMILES string of the molecule is C=C(Nc1[nH]nc2ncc(-c3ccc(C)cc3)cc12)c1ccc(N2CCN(C)CC2)cc1. The van der Waals surface area contributed by atoms with Crippen molar-refractivity contribution >= 4 is 28.2 Å². The van der Waals surface area contributed by atoms with E-state index in [9.17, 15) is 0 Å². The van der Waals surface area contributed by atoms with E-state index in [2.05, 4.69) is 105 Å². The third kappa shape index (κ3) is 4.09. The van der Waals surface area contributed by atoms with Crippen LogP contribution in [0.2, 0.25) is 0 Å². The number of fused-ring (bicyclic) bond motifs is 1. The number of nitrogens with zero attached hydrogens (tertiary/aromatic N) is 4. The van der Waals surface area contributed by atoms with Gasteiger partial charge in [-0.05, 0) is 43.3 Å². The third-order valence-electron chi connectivity index (χ3n) is 6.15. The molecule has 0 saturated carbocycles. The van der Waals surface area contributed by atoms with Crippen molar-refractivity contribution < 1.29 is 0 Å². The molecule has 162 valence electrons. The maximum Gasteiger partial charge on any atom is 0.183 e. The van der Waals surface area contributed by atoms with Crippen LogP contribution in [0.15, 0.2) is 67.4 Å². The summed E-state index contributed by atoms with van der Waals surface area (Å²) >= 11 is 0. The van der Waals surface area contributed by atoms with Gasteiger partial charge in [0.15, 0.2) is 5.65 Å². The Morgan fingerprint density at radius 1 is 0.969 bits per heavy atom. The lowest BCUT2D eigenvalue weighted by atomic mass is 10.1. The van der Waals surface area contributed by atoms with Crippen molar-refractivity contribution in [3.05, 3.63) is 78.5 Å². The molecule has 2 aromatic carbocycles. The van der Waals surface area contributed by atoms with Gasteiger partial charge in [-0.25, -0.2) is 4.98 Å². The van der Waals surface area contributed by atoms with Crippen LogP contribution in [0.4, 0.5) is 11.5 Å². The summed E-state index contributed by atoms with van der Waals surface area (Å²) < 4.78 is 0. The highest BCUT2D eigenvalue weighted by atomic mass is 15.2. The zero-order chi connectivity index (χ0) is 22.1. The van der Waals surface area contributed by atoms with Crippen LogP contribution in [0.1, 0.15) is 11.1 Å². The Morgan fingerprint density at radius 2 is 1.69 bits per heavy atom. The number of aromatic amines is 1. The Morgan fingerprint density at radius 3 is 2.41 bits per heavy atom. The van der Waals surface area contributed by atoms with Crippen LogP contribution in [-0.4, -0.2) is 53.3 Å². The van der Waals surface area contributed by atoms with Gasteiger partial charge in [-0.15, -0.1) is 0 Å². The van der Waals surface area contributed by atoms with Gasteiger partial charge in [0, 0.05) is 49.3 Å². The first-order chi connectivity index (χ1) is 15.6. The number of hydrogen-bond acceptors (Lipinski definition) is 5. The van der Waals surface area contributed by atoms with Gasteiger partial charge in [-0.3, -0.25) is 5.10 Å². The second-order valence-electron chi connectivity index (χ2n) is 8.50. The van der Waals surface area contributed by atoms with Gasteiger partial charge in [0.2, 0.25) is 0 Å². The number of likely N-dealkylation sites (N-methyl/N-ethyl adjacent to an activating group) is 1. The molecular formula is C26H28N6.